The van der Waals surface area contributed by atoms with Crippen molar-refractivity contribution in [2.45, 2.75) is 65.2 Å². The van der Waals surface area contributed by atoms with Crippen molar-refractivity contribution in [3.63, 3.8) is 0 Å². The minimum absolute atomic E-state index is 0. The molecule has 0 aliphatic heterocycles. The first-order chi connectivity index (χ1) is 16.6. The van der Waals surface area contributed by atoms with Crippen molar-refractivity contribution in [3.05, 3.63) is 118 Å². The topological polar surface area (TPSA) is 0 Å². The molecule has 0 spiro atoms. The van der Waals surface area contributed by atoms with E-state index in [9.17, 15) is 0 Å². The van der Waals surface area contributed by atoms with Gasteiger partial charge in [-0.3, -0.25) is 6.08 Å². The van der Waals surface area contributed by atoms with Crippen LogP contribution in [0.2, 0.25) is 5.02 Å². The molecule has 0 unspecified atom stereocenters. The molecule has 0 aromatic heterocycles. The van der Waals surface area contributed by atoms with Crippen LogP contribution in [-0.4, -0.2) is 4.21 Å². The molecule has 0 amide bonds. The van der Waals surface area contributed by atoms with Crippen molar-refractivity contribution >= 4 is 40.6 Å². The standard InChI is InChI=1S/C21H25.C6H4Cl.C5H5.CH2.2ClH.Zr/c1-20(2,3)16-9-7-14-11-15-8-10-17(21(4,5)6)13-19(15)18(14)12-16;7-6-4-2-1-3-5-6;1-2-4-5-3-1;;;;/h7,9-10,12-13H,11H2,1-6H3;1-2,4-5H;1-3H,4H2;1H2;2*1H;/q3*-1;;;;. The first-order valence-corrected chi connectivity index (χ1v) is 14.0. The van der Waals surface area contributed by atoms with Crippen LogP contribution < -0.4 is 0 Å². The predicted molar refractivity (Wildman–Crippen MR) is 164 cm³/mol. The minimum atomic E-state index is 0. The molecule has 2 aliphatic rings. The Balaban J connectivity index is 0.000000668. The molecule has 0 bridgehead atoms. The van der Waals surface area contributed by atoms with E-state index in [-0.39, 0.29) is 35.6 Å². The summed E-state index contributed by atoms with van der Waals surface area (Å²) in [4.78, 5) is 0. The van der Waals surface area contributed by atoms with Gasteiger partial charge in [0.05, 0.1) is 0 Å². The second-order valence-electron chi connectivity index (χ2n) is 10.6. The van der Waals surface area contributed by atoms with Gasteiger partial charge in [-0.1, -0.05) is 81.3 Å². The molecule has 4 heteroatoms. The maximum absolute atomic E-state index is 5.51. The zero-order valence-corrected chi connectivity index (χ0v) is 27.6. The number of hydrogen-bond donors (Lipinski definition) is 0. The van der Waals surface area contributed by atoms with Gasteiger partial charge in [0, 0.05) is 0 Å². The third-order valence-electron chi connectivity index (χ3n) is 5.78. The number of allylic oxidation sites excluding steroid dienone is 4. The van der Waals surface area contributed by atoms with Gasteiger partial charge in [0.25, 0.3) is 0 Å². The van der Waals surface area contributed by atoms with Crippen LogP contribution in [0, 0.1) is 18.2 Å². The Morgan fingerprint density at radius 2 is 1.51 bits per heavy atom. The molecule has 0 nitrogen and oxygen atoms in total. The molecule has 3 aromatic rings. The van der Waals surface area contributed by atoms with Crippen LogP contribution in [0.1, 0.15) is 70.2 Å². The van der Waals surface area contributed by atoms with Gasteiger partial charge in [-0.2, -0.15) is 77.3 Å². The number of benzene rings is 3. The van der Waals surface area contributed by atoms with E-state index in [2.05, 4.69) is 100 Å². The predicted octanol–water partition coefficient (Wildman–Crippen LogP) is 9.91. The first-order valence-electron chi connectivity index (χ1n) is 11.9. The average molecular weight is 632 g/mol. The first kappa shape index (κ1) is 35.8. The van der Waals surface area contributed by atoms with Crippen LogP contribution >= 0.6 is 36.4 Å². The van der Waals surface area contributed by atoms with E-state index in [1.54, 1.807) is 6.07 Å². The Kier molecular flexibility index (Phi) is 16.1. The molecule has 3 aromatic carbocycles. The van der Waals surface area contributed by atoms with Gasteiger partial charge in [-0.25, -0.2) is 12.2 Å². The van der Waals surface area contributed by atoms with Gasteiger partial charge in [0.2, 0.25) is 0 Å². The molecule has 0 saturated heterocycles. The molecule has 0 heterocycles. The van der Waals surface area contributed by atoms with E-state index in [0.717, 1.165) is 17.9 Å². The van der Waals surface area contributed by atoms with Crippen LogP contribution in [0.4, 0.5) is 0 Å². The van der Waals surface area contributed by atoms with Crippen molar-refractivity contribution in [3.8, 4) is 11.1 Å². The summed E-state index contributed by atoms with van der Waals surface area (Å²) in [6.45, 7) is 13.6. The Morgan fingerprint density at radius 1 is 0.865 bits per heavy atom. The fourth-order valence-electron chi connectivity index (χ4n) is 3.70. The monoisotopic (exact) mass is 629 g/mol. The Morgan fingerprint density at radius 3 is 1.95 bits per heavy atom. The van der Waals surface area contributed by atoms with E-state index in [1.807, 2.05) is 30.4 Å². The van der Waals surface area contributed by atoms with Crippen molar-refractivity contribution in [2.75, 3.05) is 0 Å². The van der Waals surface area contributed by atoms with Crippen molar-refractivity contribution < 1.29 is 24.2 Å². The zero-order chi connectivity index (χ0) is 26.1. The van der Waals surface area contributed by atoms with E-state index in [4.69, 9.17) is 11.6 Å². The molecule has 37 heavy (non-hydrogen) atoms. The normalized spacial score (nSPS) is 12.1. The maximum atomic E-state index is 5.51. The summed E-state index contributed by atoms with van der Waals surface area (Å²) in [6, 6.07) is 25.1. The summed E-state index contributed by atoms with van der Waals surface area (Å²) in [6.07, 6.45) is 11.0. The van der Waals surface area contributed by atoms with Gasteiger partial charge in [-0.05, 0) is 17.4 Å². The van der Waals surface area contributed by atoms with Gasteiger partial charge in [0.15, 0.2) is 0 Å². The number of halogens is 3. The third kappa shape index (κ3) is 11.2. The van der Waals surface area contributed by atoms with E-state index in [1.165, 1.54) is 57.6 Å². The Bertz CT molecular complexity index is 1080. The van der Waals surface area contributed by atoms with Crippen LogP contribution in [0.5, 0.6) is 0 Å². The Labute approximate surface area is 257 Å². The summed E-state index contributed by atoms with van der Waals surface area (Å²) in [7, 11) is 0. The van der Waals surface area contributed by atoms with Gasteiger partial charge in [-0.15, -0.1) is 36.8 Å². The summed E-state index contributed by atoms with van der Waals surface area (Å²) < 4.78 is 3.34. The van der Waals surface area contributed by atoms with Crippen molar-refractivity contribution in [2.24, 2.45) is 0 Å². The van der Waals surface area contributed by atoms with Gasteiger partial charge < -0.3 is 0 Å². The molecule has 0 N–H and O–H groups in total. The summed E-state index contributed by atoms with van der Waals surface area (Å²) in [5, 5.41) is 0.738. The quantitative estimate of drug-likeness (QED) is 0.169. The van der Waals surface area contributed by atoms with Gasteiger partial charge >= 0.3 is 28.4 Å². The fourth-order valence-corrected chi connectivity index (χ4v) is 3.83. The molecular formula is C33H38Cl3Zr-3. The van der Waals surface area contributed by atoms with Crippen molar-refractivity contribution in [1.29, 1.82) is 0 Å². The second-order valence-corrected chi connectivity index (χ2v) is 11.0. The third-order valence-corrected chi connectivity index (χ3v) is 6.02. The van der Waals surface area contributed by atoms with Crippen LogP contribution in [0.15, 0.2) is 72.8 Å². The van der Waals surface area contributed by atoms with Gasteiger partial charge in [0.1, 0.15) is 0 Å². The molecular weight excluding hydrogens is 594 g/mol. The molecule has 2 aliphatic carbocycles. The zero-order valence-electron chi connectivity index (χ0n) is 22.7. The summed E-state index contributed by atoms with van der Waals surface area (Å²) in [5.41, 5.74) is 8.76. The number of hydrogen-bond acceptors (Lipinski definition) is 0. The number of rotatable bonds is 0. The molecule has 198 valence electrons. The Hall–Kier alpha value is -1.24. The summed E-state index contributed by atoms with van der Waals surface area (Å²) >= 11 is 6.81. The SMILES string of the molecule is CC(C)(C)c1c[c-]c2c(c1)-c1cc(C(C)(C)C)ccc1C2.Cl.Cl.Clc1c[c-]ccc1.[C-]1=CC=CC1.[CH2]=[Zr]. The molecule has 0 fully saturated rings. The van der Waals surface area contributed by atoms with Crippen molar-refractivity contribution in [1.82, 2.24) is 0 Å². The molecule has 0 atom stereocenters. The van der Waals surface area contributed by atoms with Crippen LogP contribution in [-0.2, 0) is 41.5 Å². The average Bonchev–Trinajstić information content (AvgIpc) is 3.51. The summed E-state index contributed by atoms with van der Waals surface area (Å²) in [5.74, 6) is 0. The molecule has 5 rings (SSSR count). The van der Waals surface area contributed by atoms with Crippen LogP contribution in [0.25, 0.3) is 11.1 Å². The molecule has 0 saturated carbocycles. The molecule has 0 radical (unpaired) electrons. The van der Waals surface area contributed by atoms with E-state index >= 15 is 0 Å². The van der Waals surface area contributed by atoms with Crippen LogP contribution in [0.3, 0.4) is 0 Å². The second kappa shape index (κ2) is 16.7. The van der Waals surface area contributed by atoms with E-state index < -0.39 is 0 Å². The van der Waals surface area contributed by atoms with E-state index in [0.29, 0.717) is 0 Å². The number of fused-ring (bicyclic) bond motifs is 3. The fraction of sp³-hybridized carbons (Fsp3) is 0.303.